The van der Waals surface area contributed by atoms with Gasteiger partial charge in [-0.25, -0.2) is 0 Å². The van der Waals surface area contributed by atoms with Crippen molar-refractivity contribution in [1.82, 2.24) is 5.32 Å². The number of anilines is 1. The van der Waals surface area contributed by atoms with Crippen molar-refractivity contribution in [3.63, 3.8) is 0 Å². The maximum atomic E-state index is 11.7. The summed E-state index contributed by atoms with van der Waals surface area (Å²) in [6, 6.07) is 11.0. The Labute approximate surface area is 135 Å². The van der Waals surface area contributed by atoms with Crippen LogP contribution in [0.1, 0.15) is 4.88 Å². The van der Waals surface area contributed by atoms with E-state index in [9.17, 15) is 9.59 Å². The third kappa shape index (κ3) is 5.53. The molecule has 0 aliphatic carbocycles. The second-order valence-electron chi connectivity index (χ2n) is 4.12. The lowest BCUT2D eigenvalue weighted by Gasteiger charge is -2.05. The SMILES string of the molecule is O=C(/C=C/c1cccs1)NCC(=O)Nc1ccc(Br)cc1. The lowest BCUT2D eigenvalue weighted by molar-refractivity contribution is -0.121. The maximum absolute atomic E-state index is 11.7. The van der Waals surface area contributed by atoms with Gasteiger partial charge < -0.3 is 10.6 Å². The van der Waals surface area contributed by atoms with Gasteiger partial charge in [-0.2, -0.15) is 0 Å². The first-order valence-corrected chi connectivity index (χ1v) is 7.85. The number of hydrogen-bond donors (Lipinski definition) is 2. The van der Waals surface area contributed by atoms with Crippen LogP contribution in [0.5, 0.6) is 0 Å². The summed E-state index contributed by atoms with van der Waals surface area (Å²) >= 11 is 4.86. The van der Waals surface area contributed by atoms with E-state index in [1.165, 1.54) is 6.08 Å². The zero-order valence-electron chi connectivity index (χ0n) is 11.0. The van der Waals surface area contributed by atoms with Gasteiger partial charge >= 0.3 is 0 Å². The molecule has 2 rings (SSSR count). The molecule has 21 heavy (non-hydrogen) atoms. The van der Waals surface area contributed by atoms with Crippen LogP contribution in [0.15, 0.2) is 52.3 Å². The normalized spacial score (nSPS) is 10.5. The summed E-state index contributed by atoms with van der Waals surface area (Å²) in [5.41, 5.74) is 0.687. The van der Waals surface area contributed by atoms with E-state index in [4.69, 9.17) is 0 Å². The molecule has 2 amide bonds. The van der Waals surface area contributed by atoms with Gasteiger partial charge in [0.15, 0.2) is 0 Å². The molecule has 0 saturated heterocycles. The van der Waals surface area contributed by atoms with Gasteiger partial charge in [0.2, 0.25) is 11.8 Å². The highest BCUT2D eigenvalue weighted by atomic mass is 79.9. The molecule has 0 fully saturated rings. The summed E-state index contributed by atoms with van der Waals surface area (Å²) < 4.78 is 0.938. The minimum Gasteiger partial charge on any atom is -0.343 e. The third-order valence-corrected chi connectivity index (χ3v) is 3.86. The minimum absolute atomic E-state index is 0.0658. The molecular weight excluding hydrogens is 352 g/mol. The zero-order valence-corrected chi connectivity index (χ0v) is 13.4. The van der Waals surface area contributed by atoms with Gasteiger partial charge in [-0.3, -0.25) is 9.59 Å². The van der Waals surface area contributed by atoms with E-state index in [0.29, 0.717) is 5.69 Å². The fourth-order valence-electron chi connectivity index (χ4n) is 1.51. The van der Waals surface area contributed by atoms with Crippen molar-refractivity contribution in [2.24, 2.45) is 0 Å². The van der Waals surface area contributed by atoms with Gasteiger partial charge in [0, 0.05) is 21.1 Å². The minimum atomic E-state index is -0.297. The summed E-state index contributed by atoms with van der Waals surface area (Å²) in [4.78, 5) is 24.2. The van der Waals surface area contributed by atoms with Crippen molar-refractivity contribution in [3.8, 4) is 0 Å². The van der Waals surface area contributed by atoms with Crippen molar-refractivity contribution in [1.29, 1.82) is 0 Å². The highest BCUT2D eigenvalue weighted by Gasteiger charge is 2.03. The Kier molecular flexibility index (Phi) is 5.71. The number of amides is 2. The Balaban J connectivity index is 1.75. The monoisotopic (exact) mass is 364 g/mol. The quantitative estimate of drug-likeness (QED) is 0.799. The van der Waals surface area contributed by atoms with Crippen LogP contribution in [0.3, 0.4) is 0 Å². The lowest BCUT2D eigenvalue weighted by Crippen LogP contribution is -2.31. The van der Waals surface area contributed by atoms with E-state index in [-0.39, 0.29) is 18.4 Å². The van der Waals surface area contributed by atoms with Crippen LogP contribution in [0.25, 0.3) is 6.08 Å². The largest absolute Gasteiger partial charge is 0.343 e. The first-order valence-electron chi connectivity index (χ1n) is 6.18. The average Bonchev–Trinajstić information content (AvgIpc) is 2.99. The summed E-state index contributed by atoms with van der Waals surface area (Å²) in [5.74, 6) is -0.565. The molecule has 1 aromatic carbocycles. The van der Waals surface area contributed by atoms with Crippen LogP contribution in [0.4, 0.5) is 5.69 Å². The molecule has 0 aliphatic heterocycles. The second-order valence-corrected chi connectivity index (χ2v) is 6.02. The number of carbonyl (C=O) groups is 2. The van der Waals surface area contributed by atoms with Crippen LogP contribution in [0, 0.1) is 0 Å². The van der Waals surface area contributed by atoms with E-state index >= 15 is 0 Å². The molecule has 2 aromatic rings. The molecular formula is C15H13BrN2O2S. The van der Waals surface area contributed by atoms with Crippen molar-refractivity contribution < 1.29 is 9.59 Å². The maximum Gasteiger partial charge on any atom is 0.244 e. The van der Waals surface area contributed by atoms with Crippen molar-refractivity contribution >= 4 is 50.8 Å². The predicted octanol–water partition coefficient (Wildman–Crippen LogP) is 3.28. The van der Waals surface area contributed by atoms with E-state index in [1.54, 1.807) is 29.5 Å². The van der Waals surface area contributed by atoms with Crippen molar-refractivity contribution in [3.05, 3.63) is 57.2 Å². The third-order valence-electron chi connectivity index (χ3n) is 2.49. The summed E-state index contributed by atoms with van der Waals surface area (Å²) in [6.45, 7) is -0.0658. The molecule has 4 nitrogen and oxygen atoms in total. The Morgan fingerprint density at radius 2 is 1.95 bits per heavy atom. The van der Waals surface area contributed by atoms with Gasteiger partial charge in [-0.05, 0) is 41.8 Å². The summed E-state index contributed by atoms with van der Waals surface area (Å²) in [6.07, 6.45) is 3.13. The topological polar surface area (TPSA) is 58.2 Å². The van der Waals surface area contributed by atoms with Gasteiger partial charge in [-0.15, -0.1) is 11.3 Å². The highest BCUT2D eigenvalue weighted by molar-refractivity contribution is 9.10. The highest BCUT2D eigenvalue weighted by Crippen LogP contribution is 2.13. The van der Waals surface area contributed by atoms with E-state index in [2.05, 4.69) is 26.6 Å². The Morgan fingerprint density at radius 1 is 1.19 bits per heavy atom. The first kappa shape index (κ1) is 15.5. The standard InChI is InChI=1S/C15H13BrN2O2S/c16-11-3-5-12(6-4-11)18-15(20)10-17-14(19)8-7-13-2-1-9-21-13/h1-9H,10H2,(H,17,19)(H,18,20)/b8-7+. The van der Waals surface area contributed by atoms with Crippen LogP contribution in [-0.4, -0.2) is 18.4 Å². The molecule has 0 radical (unpaired) electrons. The fourth-order valence-corrected chi connectivity index (χ4v) is 2.39. The number of rotatable bonds is 5. The molecule has 0 spiro atoms. The smallest absolute Gasteiger partial charge is 0.244 e. The van der Waals surface area contributed by atoms with Gasteiger partial charge in [-0.1, -0.05) is 22.0 Å². The summed E-state index contributed by atoms with van der Waals surface area (Å²) in [7, 11) is 0. The second kappa shape index (κ2) is 7.75. The Morgan fingerprint density at radius 3 is 2.62 bits per heavy atom. The van der Waals surface area contributed by atoms with Crippen molar-refractivity contribution in [2.75, 3.05) is 11.9 Å². The molecule has 0 bridgehead atoms. The Hall–Kier alpha value is -1.92. The number of halogens is 1. The number of carbonyl (C=O) groups excluding carboxylic acids is 2. The average molecular weight is 365 g/mol. The fraction of sp³-hybridized carbons (Fsp3) is 0.0667. The Bertz CT molecular complexity index is 636. The van der Waals surface area contributed by atoms with Crippen LogP contribution >= 0.6 is 27.3 Å². The number of hydrogen-bond acceptors (Lipinski definition) is 3. The molecule has 0 saturated carbocycles. The molecule has 1 heterocycles. The molecule has 0 aliphatic rings. The molecule has 0 unspecified atom stereocenters. The van der Waals surface area contributed by atoms with Gasteiger partial charge in [0.25, 0.3) is 0 Å². The lowest BCUT2D eigenvalue weighted by atomic mass is 10.3. The van der Waals surface area contributed by atoms with Crippen molar-refractivity contribution in [2.45, 2.75) is 0 Å². The van der Waals surface area contributed by atoms with Gasteiger partial charge in [0.1, 0.15) is 0 Å². The predicted molar refractivity (Wildman–Crippen MR) is 89.1 cm³/mol. The number of benzene rings is 1. The zero-order chi connectivity index (χ0) is 15.1. The van der Waals surface area contributed by atoms with Crippen LogP contribution < -0.4 is 10.6 Å². The number of thiophene rings is 1. The van der Waals surface area contributed by atoms with E-state index in [1.807, 2.05) is 29.6 Å². The number of nitrogens with one attached hydrogen (secondary N) is 2. The van der Waals surface area contributed by atoms with E-state index in [0.717, 1.165) is 9.35 Å². The molecule has 108 valence electrons. The molecule has 6 heteroatoms. The van der Waals surface area contributed by atoms with Gasteiger partial charge in [0.05, 0.1) is 6.54 Å². The van der Waals surface area contributed by atoms with Crippen LogP contribution in [-0.2, 0) is 9.59 Å². The van der Waals surface area contributed by atoms with E-state index < -0.39 is 0 Å². The summed E-state index contributed by atoms with van der Waals surface area (Å²) in [5, 5.41) is 7.17. The molecule has 1 aromatic heterocycles. The molecule has 2 N–H and O–H groups in total. The first-order chi connectivity index (χ1) is 10.1. The molecule has 0 atom stereocenters. The van der Waals surface area contributed by atoms with Crippen LogP contribution in [0.2, 0.25) is 0 Å².